The summed E-state index contributed by atoms with van der Waals surface area (Å²) in [5.74, 6) is 0.308. The van der Waals surface area contributed by atoms with Crippen LogP contribution in [0.5, 0.6) is 5.75 Å². The number of rotatable bonds is 1. The van der Waals surface area contributed by atoms with Crippen LogP contribution in [0.1, 0.15) is 16.7 Å². The number of benzene rings is 2. The highest BCUT2D eigenvalue weighted by Gasteiger charge is 2.07. The van der Waals surface area contributed by atoms with Crippen LogP contribution < -0.4 is 0 Å². The minimum atomic E-state index is 0.308. The fourth-order valence-electron chi connectivity index (χ4n) is 1.88. The van der Waals surface area contributed by atoms with Crippen LogP contribution in [-0.4, -0.2) is 5.11 Å². The molecular weight excluding hydrogens is 210 g/mol. The zero-order chi connectivity index (χ0) is 12.4. The second-order valence-corrected chi connectivity index (χ2v) is 4.07. The van der Waals surface area contributed by atoms with E-state index in [1.165, 1.54) is 0 Å². The van der Waals surface area contributed by atoms with E-state index in [-0.39, 0.29) is 0 Å². The van der Waals surface area contributed by atoms with Crippen LogP contribution >= 0.6 is 0 Å². The van der Waals surface area contributed by atoms with Crippen molar-refractivity contribution < 1.29 is 5.11 Å². The lowest BCUT2D eigenvalue weighted by atomic mass is 9.95. The number of aromatic hydroxyl groups is 1. The van der Waals surface area contributed by atoms with Crippen molar-refractivity contribution in [3.8, 4) is 22.9 Å². The molecule has 2 rings (SSSR count). The lowest BCUT2D eigenvalue weighted by molar-refractivity contribution is 0.470. The van der Waals surface area contributed by atoms with E-state index < -0.39 is 0 Å². The van der Waals surface area contributed by atoms with Crippen LogP contribution in [0.25, 0.3) is 11.1 Å². The normalized spacial score (nSPS) is 9.94. The van der Waals surface area contributed by atoms with Gasteiger partial charge in [0.25, 0.3) is 0 Å². The van der Waals surface area contributed by atoms with Crippen molar-refractivity contribution in [1.29, 1.82) is 5.26 Å². The van der Waals surface area contributed by atoms with E-state index in [0.29, 0.717) is 11.3 Å². The van der Waals surface area contributed by atoms with Crippen LogP contribution in [0.4, 0.5) is 0 Å². The second-order valence-electron chi connectivity index (χ2n) is 4.07. The maximum absolute atomic E-state index is 9.62. The lowest BCUT2D eigenvalue weighted by Gasteiger charge is -2.10. The largest absolute Gasteiger partial charge is 0.508 e. The molecule has 0 unspecified atom stereocenters. The van der Waals surface area contributed by atoms with E-state index in [1.807, 2.05) is 38.1 Å². The fourth-order valence-corrected chi connectivity index (χ4v) is 1.88. The van der Waals surface area contributed by atoms with Gasteiger partial charge in [-0.05, 0) is 54.3 Å². The Kier molecular flexibility index (Phi) is 2.84. The van der Waals surface area contributed by atoms with Gasteiger partial charge in [-0.15, -0.1) is 0 Å². The van der Waals surface area contributed by atoms with Crippen LogP contribution in [-0.2, 0) is 0 Å². The van der Waals surface area contributed by atoms with Gasteiger partial charge in [0, 0.05) is 0 Å². The minimum absolute atomic E-state index is 0.308. The van der Waals surface area contributed by atoms with E-state index in [4.69, 9.17) is 5.26 Å². The molecule has 0 aliphatic rings. The second kappa shape index (κ2) is 4.31. The Bertz CT molecular complexity index is 609. The first kappa shape index (κ1) is 11.2. The molecule has 0 aliphatic heterocycles. The maximum Gasteiger partial charge on any atom is 0.118 e. The smallest absolute Gasteiger partial charge is 0.118 e. The van der Waals surface area contributed by atoms with E-state index in [2.05, 4.69) is 6.07 Å². The van der Waals surface area contributed by atoms with Crippen LogP contribution in [0, 0.1) is 25.2 Å². The number of hydrogen-bond donors (Lipinski definition) is 1. The molecule has 17 heavy (non-hydrogen) atoms. The third-order valence-corrected chi connectivity index (χ3v) is 3.06. The third kappa shape index (κ3) is 2.00. The molecule has 0 atom stereocenters. The highest BCUT2D eigenvalue weighted by molar-refractivity contribution is 5.71. The van der Waals surface area contributed by atoms with Gasteiger partial charge in [-0.3, -0.25) is 0 Å². The molecule has 1 N–H and O–H groups in total. The molecule has 0 amide bonds. The zero-order valence-corrected chi connectivity index (χ0v) is 9.86. The molecule has 0 spiro atoms. The zero-order valence-electron chi connectivity index (χ0n) is 9.86. The molecule has 2 aromatic carbocycles. The predicted octanol–water partition coefficient (Wildman–Crippen LogP) is 3.55. The van der Waals surface area contributed by atoms with Crippen LogP contribution in [0.2, 0.25) is 0 Å². The molecule has 2 aromatic rings. The summed E-state index contributed by atoms with van der Waals surface area (Å²) in [5, 5.41) is 18.5. The average molecular weight is 223 g/mol. The van der Waals surface area contributed by atoms with E-state index in [1.54, 1.807) is 12.1 Å². The quantitative estimate of drug-likeness (QED) is 0.803. The molecule has 0 radical (unpaired) electrons. The predicted molar refractivity (Wildman–Crippen MR) is 67.7 cm³/mol. The molecule has 0 aliphatic carbocycles. The summed E-state index contributed by atoms with van der Waals surface area (Å²) in [6, 6.07) is 13.2. The topological polar surface area (TPSA) is 44.0 Å². The Hall–Kier alpha value is -2.27. The molecule has 0 saturated heterocycles. The van der Waals surface area contributed by atoms with E-state index >= 15 is 0 Å². The summed E-state index contributed by atoms with van der Waals surface area (Å²) in [5.41, 5.74) is 4.62. The fraction of sp³-hybridized carbons (Fsp3) is 0.133. The molecule has 0 saturated carbocycles. The first-order chi connectivity index (χ1) is 8.13. The van der Waals surface area contributed by atoms with Crippen molar-refractivity contribution in [2.75, 3.05) is 0 Å². The van der Waals surface area contributed by atoms with Gasteiger partial charge in [-0.25, -0.2) is 0 Å². The number of hydrogen-bond acceptors (Lipinski definition) is 2. The van der Waals surface area contributed by atoms with E-state index in [0.717, 1.165) is 22.3 Å². The summed E-state index contributed by atoms with van der Waals surface area (Å²) in [7, 11) is 0. The van der Waals surface area contributed by atoms with Crippen molar-refractivity contribution in [2.24, 2.45) is 0 Å². The Morgan fingerprint density at radius 2 is 1.82 bits per heavy atom. The first-order valence-corrected chi connectivity index (χ1v) is 5.43. The molecule has 0 heterocycles. The highest BCUT2D eigenvalue weighted by atomic mass is 16.3. The van der Waals surface area contributed by atoms with Gasteiger partial charge in [0.1, 0.15) is 5.75 Å². The van der Waals surface area contributed by atoms with Gasteiger partial charge >= 0.3 is 0 Å². The maximum atomic E-state index is 9.62. The van der Waals surface area contributed by atoms with Crippen molar-refractivity contribution in [1.82, 2.24) is 0 Å². The van der Waals surface area contributed by atoms with E-state index in [9.17, 15) is 5.11 Å². The Morgan fingerprint density at radius 1 is 1.06 bits per heavy atom. The highest BCUT2D eigenvalue weighted by Crippen LogP contribution is 2.30. The Balaban J connectivity index is 2.61. The van der Waals surface area contributed by atoms with Gasteiger partial charge in [0.05, 0.1) is 11.6 Å². The molecular formula is C15H13NO. The summed E-state index contributed by atoms with van der Waals surface area (Å²) in [4.78, 5) is 0. The first-order valence-electron chi connectivity index (χ1n) is 5.43. The molecule has 2 heteroatoms. The minimum Gasteiger partial charge on any atom is -0.508 e. The van der Waals surface area contributed by atoms with Crippen LogP contribution in [0.3, 0.4) is 0 Å². The number of phenolic OH excluding ortho intramolecular Hbond substituents is 1. The Labute approximate surface area is 101 Å². The summed E-state index contributed by atoms with van der Waals surface area (Å²) in [6.45, 7) is 3.87. The average Bonchev–Trinajstić information content (AvgIpc) is 2.36. The van der Waals surface area contributed by atoms with Crippen molar-refractivity contribution >= 4 is 0 Å². The molecule has 0 aromatic heterocycles. The summed E-state index contributed by atoms with van der Waals surface area (Å²) < 4.78 is 0. The number of nitriles is 1. The monoisotopic (exact) mass is 223 g/mol. The van der Waals surface area contributed by atoms with Gasteiger partial charge in [0.2, 0.25) is 0 Å². The summed E-state index contributed by atoms with van der Waals surface area (Å²) in [6.07, 6.45) is 0. The number of phenols is 1. The van der Waals surface area contributed by atoms with Gasteiger partial charge in [-0.1, -0.05) is 18.2 Å². The third-order valence-electron chi connectivity index (χ3n) is 3.06. The van der Waals surface area contributed by atoms with Gasteiger partial charge in [0.15, 0.2) is 0 Å². The Morgan fingerprint density at radius 3 is 2.53 bits per heavy atom. The van der Waals surface area contributed by atoms with Crippen molar-refractivity contribution in [3.63, 3.8) is 0 Å². The molecule has 84 valence electrons. The lowest BCUT2D eigenvalue weighted by Crippen LogP contribution is -1.88. The molecule has 0 bridgehead atoms. The van der Waals surface area contributed by atoms with Gasteiger partial charge in [-0.2, -0.15) is 5.26 Å². The molecule has 2 nitrogen and oxygen atoms in total. The molecule has 0 fully saturated rings. The van der Waals surface area contributed by atoms with Crippen molar-refractivity contribution in [2.45, 2.75) is 13.8 Å². The SMILES string of the molecule is Cc1c(O)ccc(-c2cccc(C#N)c2)c1C. The standard InChI is InChI=1S/C15H13NO/c1-10-11(2)15(17)7-6-14(10)13-5-3-4-12(8-13)9-16/h3-8,17H,1-2H3. The van der Waals surface area contributed by atoms with Crippen LogP contribution in [0.15, 0.2) is 36.4 Å². The van der Waals surface area contributed by atoms with Crippen molar-refractivity contribution in [3.05, 3.63) is 53.1 Å². The van der Waals surface area contributed by atoms with Gasteiger partial charge < -0.3 is 5.11 Å². The summed E-state index contributed by atoms with van der Waals surface area (Å²) >= 11 is 0. The number of nitrogens with zero attached hydrogens (tertiary/aromatic N) is 1.